The van der Waals surface area contributed by atoms with Crippen LogP contribution in [-0.4, -0.2) is 81.5 Å². The summed E-state index contributed by atoms with van der Waals surface area (Å²) < 4.78 is 73.3. The van der Waals surface area contributed by atoms with E-state index >= 15 is 0 Å². The molecule has 3 N–H and O–H groups in total. The summed E-state index contributed by atoms with van der Waals surface area (Å²) in [5, 5.41) is 14.5. The number of methoxy groups -OCH3 is 1. The highest BCUT2D eigenvalue weighted by Gasteiger charge is 2.30. The molecule has 1 atom stereocenters. The Kier molecular flexibility index (Phi) is 11.2. The van der Waals surface area contributed by atoms with Crippen molar-refractivity contribution in [1.29, 1.82) is 0 Å². The lowest BCUT2D eigenvalue weighted by molar-refractivity contribution is -0.134. The van der Waals surface area contributed by atoms with Gasteiger partial charge >= 0.3 is 18.4 Å². The number of hydrogen-bond donors (Lipinski definition) is 3. The maximum absolute atomic E-state index is 14.6. The molecule has 0 fully saturated rings. The number of nitrogens with one attached hydrogen (secondary N) is 2. The van der Waals surface area contributed by atoms with Crippen LogP contribution in [0.1, 0.15) is 30.7 Å². The summed E-state index contributed by atoms with van der Waals surface area (Å²) in [5.41, 5.74) is -3.05. The van der Waals surface area contributed by atoms with Gasteiger partial charge in [-0.2, -0.15) is 13.2 Å². The smallest absolute Gasteiger partial charge is 0.417 e. The molecular formula is C28H29F5N6O7. The molecule has 1 aromatic carbocycles. The van der Waals surface area contributed by atoms with Crippen molar-refractivity contribution in [3.8, 4) is 0 Å². The van der Waals surface area contributed by atoms with E-state index in [2.05, 4.69) is 20.4 Å². The molecule has 0 aliphatic rings. The number of amides is 3. The van der Waals surface area contributed by atoms with E-state index in [0.717, 1.165) is 11.7 Å². The number of nitrogens with zero attached hydrogens (tertiary/aromatic N) is 4. The number of alkyl carbamates (subject to hydrolysis) is 1. The number of fused-ring (bicyclic) bond motifs is 1. The van der Waals surface area contributed by atoms with Gasteiger partial charge < -0.3 is 29.9 Å². The van der Waals surface area contributed by atoms with E-state index in [1.54, 1.807) is 14.1 Å². The Labute approximate surface area is 257 Å². The van der Waals surface area contributed by atoms with Crippen molar-refractivity contribution in [1.82, 2.24) is 24.3 Å². The van der Waals surface area contributed by atoms with Gasteiger partial charge in [0.25, 0.3) is 5.56 Å². The van der Waals surface area contributed by atoms with Crippen molar-refractivity contribution in [3.05, 3.63) is 69.9 Å². The summed E-state index contributed by atoms with van der Waals surface area (Å²) in [4.78, 5) is 67.2. The Hall–Kier alpha value is -5.29. The maximum atomic E-state index is 14.6. The predicted molar refractivity (Wildman–Crippen MR) is 152 cm³/mol. The maximum Gasteiger partial charge on any atom is 0.417 e. The SMILES string of the molecule is COC(=O)NC(CCC=CC(=O)N(C)C)C(=O)Nc1cccn(Cc2nc3c(CCC(F)(F)F)c(F)c(F)cc3n2C(=O)O)c1=O. The van der Waals surface area contributed by atoms with Gasteiger partial charge in [-0.05, 0) is 37.5 Å². The average molecular weight is 657 g/mol. The van der Waals surface area contributed by atoms with Crippen molar-refractivity contribution < 1.29 is 51.0 Å². The summed E-state index contributed by atoms with van der Waals surface area (Å²) in [6, 6.07) is 1.76. The molecule has 0 saturated heterocycles. The Balaban J connectivity index is 1.93. The number of rotatable bonds is 11. The van der Waals surface area contributed by atoms with E-state index in [4.69, 9.17) is 0 Å². The van der Waals surface area contributed by atoms with Gasteiger partial charge in [0.05, 0.1) is 24.7 Å². The van der Waals surface area contributed by atoms with Gasteiger partial charge in [0.15, 0.2) is 11.6 Å². The number of ether oxygens (including phenoxy) is 1. The second-order valence-corrected chi connectivity index (χ2v) is 10.0. The number of alkyl halides is 3. The molecule has 248 valence electrons. The predicted octanol–water partition coefficient (Wildman–Crippen LogP) is 3.63. The zero-order valence-electron chi connectivity index (χ0n) is 24.7. The Morgan fingerprint density at radius 3 is 2.50 bits per heavy atom. The fourth-order valence-corrected chi connectivity index (χ4v) is 4.28. The normalized spacial score (nSPS) is 12.3. The molecule has 0 bridgehead atoms. The third kappa shape index (κ3) is 8.66. The van der Waals surface area contributed by atoms with Crippen LogP contribution in [0.15, 0.2) is 41.3 Å². The highest BCUT2D eigenvalue weighted by molar-refractivity contribution is 5.96. The van der Waals surface area contributed by atoms with Gasteiger partial charge in [0.1, 0.15) is 17.6 Å². The molecule has 0 radical (unpaired) electrons. The number of carbonyl (C=O) groups is 4. The highest BCUT2D eigenvalue weighted by atomic mass is 19.4. The molecule has 3 aromatic rings. The third-order valence-corrected chi connectivity index (χ3v) is 6.56. The van der Waals surface area contributed by atoms with Gasteiger partial charge in [-0.15, -0.1) is 0 Å². The first-order chi connectivity index (χ1) is 21.5. The molecule has 46 heavy (non-hydrogen) atoms. The van der Waals surface area contributed by atoms with Gasteiger partial charge in [0.2, 0.25) is 11.8 Å². The number of benzene rings is 1. The van der Waals surface area contributed by atoms with Crippen LogP contribution in [-0.2, 0) is 27.3 Å². The van der Waals surface area contributed by atoms with E-state index in [-0.39, 0.29) is 24.4 Å². The van der Waals surface area contributed by atoms with Crippen LogP contribution in [0.5, 0.6) is 0 Å². The molecule has 0 saturated carbocycles. The number of aryl methyl sites for hydroxylation is 1. The third-order valence-electron chi connectivity index (χ3n) is 6.56. The largest absolute Gasteiger partial charge is 0.464 e. The monoisotopic (exact) mass is 656 g/mol. The standard InChI is InChI=1S/C28H29F5N6O7/c1-37(2)21(40)9-5-4-7-17(35-26(43)46-3)24(41)34-18-8-6-12-38(25(18)42)14-20-36-23-15(10-11-28(31,32)33)22(30)16(29)13-19(23)39(20)27(44)45/h5-6,8-9,12-13,17H,4,7,10-11,14H2,1-3H3,(H,34,41)(H,35,43)(H,44,45). The number of likely N-dealkylation sites (N-methyl/N-ethyl adjacent to an activating group) is 1. The van der Waals surface area contributed by atoms with E-state index in [1.807, 2.05) is 0 Å². The Bertz CT molecular complexity index is 1730. The number of aromatic nitrogens is 3. The number of anilines is 1. The fraction of sp³-hybridized carbons (Fsp3) is 0.357. The average Bonchev–Trinajstić information content (AvgIpc) is 3.33. The molecule has 0 aliphatic carbocycles. The number of imidazole rings is 1. The molecule has 13 nitrogen and oxygen atoms in total. The van der Waals surface area contributed by atoms with Gasteiger partial charge in [-0.25, -0.2) is 27.9 Å². The van der Waals surface area contributed by atoms with Gasteiger partial charge in [0, 0.05) is 38.3 Å². The van der Waals surface area contributed by atoms with Crippen molar-refractivity contribution in [3.63, 3.8) is 0 Å². The van der Waals surface area contributed by atoms with Crippen LogP contribution >= 0.6 is 0 Å². The number of hydrogen-bond acceptors (Lipinski definition) is 7. The fourth-order valence-electron chi connectivity index (χ4n) is 4.28. The summed E-state index contributed by atoms with van der Waals surface area (Å²) in [6.07, 6.45) is -5.87. The van der Waals surface area contributed by atoms with Gasteiger partial charge in [-0.1, -0.05) is 6.08 Å². The zero-order chi connectivity index (χ0) is 34.3. The molecule has 18 heteroatoms. The molecule has 2 heterocycles. The number of carbonyl (C=O) groups excluding carboxylic acids is 3. The van der Waals surface area contributed by atoms with E-state index in [0.29, 0.717) is 10.6 Å². The molecule has 0 aliphatic heterocycles. The van der Waals surface area contributed by atoms with Crippen LogP contribution in [0.3, 0.4) is 0 Å². The topological polar surface area (TPSA) is 165 Å². The summed E-state index contributed by atoms with van der Waals surface area (Å²) in [7, 11) is 4.16. The zero-order valence-corrected chi connectivity index (χ0v) is 24.7. The van der Waals surface area contributed by atoms with Crippen molar-refractivity contribution in [2.24, 2.45) is 0 Å². The van der Waals surface area contributed by atoms with Crippen molar-refractivity contribution >= 4 is 40.7 Å². The minimum atomic E-state index is -4.73. The second-order valence-electron chi connectivity index (χ2n) is 10.0. The first kappa shape index (κ1) is 35.2. The number of allylic oxidation sites excluding steroid dienone is 1. The van der Waals surface area contributed by atoms with E-state index < -0.39 is 89.3 Å². The van der Waals surface area contributed by atoms with Crippen LogP contribution < -0.4 is 16.2 Å². The van der Waals surface area contributed by atoms with Crippen LogP contribution in [0.25, 0.3) is 11.0 Å². The highest BCUT2D eigenvalue weighted by Crippen LogP contribution is 2.30. The number of halogens is 5. The quantitative estimate of drug-likeness (QED) is 0.208. The van der Waals surface area contributed by atoms with E-state index in [9.17, 15) is 51.0 Å². The molecule has 0 spiro atoms. The summed E-state index contributed by atoms with van der Waals surface area (Å²) in [6.45, 7) is -0.639. The lowest BCUT2D eigenvalue weighted by atomic mass is 10.1. The van der Waals surface area contributed by atoms with Crippen LogP contribution in [0.4, 0.5) is 37.2 Å². The first-order valence-electron chi connectivity index (χ1n) is 13.4. The first-order valence-corrected chi connectivity index (χ1v) is 13.4. The minimum absolute atomic E-state index is 0.00834. The molecule has 3 rings (SSSR count). The van der Waals surface area contributed by atoms with Crippen molar-refractivity contribution in [2.75, 3.05) is 26.5 Å². The Morgan fingerprint density at radius 1 is 1.20 bits per heavy atom. The lowest BCUT2D eigenvalue weighted by Gasteiger charge is -2.17. The lowest BCUT2D eigenvalue weighted by Crippen LogP contribution is -2.44. The van der Waals surface area contributed by atoms with E-state index in [1.165, 1.54) is 35.4 Å². The van der Waals surface area contributed by atoms with Crippen molar-refractivity contribution in [2.45, 2.75) is 44.4 Å². The summed E-state index contributed by atoms with van der Waals surface area (Å²) >= 11 is 0. The number of carboxylic acid groups (broad SMARTS) is 1. The van der Waals surface area contributed by atoms with Crippen LogP contribution in [0.2, 0.25) is 0 Å². The summed E-state index contributed by atoms with van der Waals surface area (Å²) in [5.74, 6) is -4.82. The van der Waals surface area contributed by atoms with Gasteiger partial charge in [-0.3, -0.25) is 14.4 Å². The number of pyridine rings is 1. The Morgan fingerprint density at radius 2 is 1.89 bits per heavy atom. The molecule has 1 unspecified atom stereocenters. The van der Waals surface area contributed by atoms with Crippen LogP contribution in [0, 0.1) is 11.6 Å². The molecule has 2 aromatic heterocycles. The minimum Gasteiger partial charge on any atom is -0.464 e. The molecule has 3 amide bonds. The molecular weight excluding hydrogens is 627 g/mol. The second kappa shape index (κ2) is 14.7.